The van der Waals surface area contributed by atoms with Crippen molar-refractivity contribution < 1.29 is 4.79 Å². The number of anilines is 1. The molecule has 0 radical (unpaired) electrons. The molecule has 0 aliphatic carbocycles. The third-order valence-corrected chi connectivity index (χ3v) is 5.73. The number of hydrogen-bond donors (Lipinski definition) is 1. The lowest BCUT2D eigenvalue weighted by molar-refractivity contribution is 0.194. The van der Waals surface area contributed by atoms with Crippen molar-refractivity contribution in [3.63, 3.8) is 0 Å². The lowest BCUT2D eigenvalue weighted by Gasteiger charge is -2.31. The van der Waals surface area contributed by atoms with Gasteiger partial charge in [0.2, 0.25) is 0 Å². The number of amides is 2. The molecule has 0 fully saturated rings. The second-order valence-corrected chi connectivity index (χ2v) is 7.62. The fourth-order valence-electron chi connectivity index (χ4n) is 4.23. The summed E-state index contributed by atoms with van der Waals surface area (Å²) in [7, 11) is 0. The van der Waals surface area contributed by atoms with Crippen molar-refractivity contribution in [2.45, 2.75) is 19.5 Å². The van der Waals surface area contributed by atoms with E-state index in [1.54, 1.807) is 0 Å². The van der Waals surface area contributed by atoms with E-state index in [0.29, 0.717) is 6.54 Å². The van der Waals surface area contributed by atoms with E-state index in [2.05, 4.69) is 46.4 Å². The highest BCUT2D eigenvalue weighted by Gasteiger charge is 2.32. The van der Waals surface area contributed by atoms with E-state index in [-0.39, 0.29) is 12.1 Å². The average Bonchev–Trinajstić information content (AvgIpc) is 3.20. The Morgan fingerprint density at radius 1 is 0.867 bits per heavy atom. The van der Waals surface area contributed by atoms with Crippen LogP contribution < -0.4 is 5.32 Å². The SMILES string of the molecule is Cc1ccccc1NC(=O)N1Cc2ccccc2-n2cccc2[C@@H]1c1ccccc1. The van der Waals surface area contributed by atoms with Gasteiger partial charge in [-0.2, -0.15) is 0 Å². The lowest BCUT2D eigenvalue weighted by atomic mass is 10.0. The van der Waals surface area contributed by atoms with Crippen molar-refractivity contribution in [3.8, 4) is 5.69 Å². The summed E-state index contributed by atoms with van der Waals surface area (Å²) in [5.41, 5.74) is 6.28. The van der Waals surface area contributed by atoms with E-state index in [4.69, 9.17) is 0 Å². The Kier molecular flexibility index (Phi) is 4.60. The molecular formula is C26H23N3O. The molecular weight excluding hydrogens is 370 g/mol. The number of aryl methyl sites for hydroxylation is 1. The van der Waals surface area contributed by atoms with Crippen molar-refractivity contribution in [1.29, 1.82) is 0 Å². The number of carbonyl (C=O) groups is 1. The topological polar surface area (TPSA) is 37.3 Å². The summed E-state index contributed by atoms with van der Waals surface area (Å²) in [5, 5.41) is 3.14. The first-order chi connectivity index (χ1) is 14.7. The Morgan fingerprint density at radius 2 is 1.60 bits per heavy atom. The van der Waals surface area contributed by atoms with E-state index in [1.165, 1.54) is 0 Å². The van der Waals surface area contributed by atoms with Crippen molar-refractivity contribution >= 4 is 11.7 Å². The van der Waals surface area contributed by atoms with Crippen molar-refractivity contribution in [2.75, 3.05) is 5.32 Å². The van der Waals surface area contributed by atoms with Gasteiger partial charge < -0.3 is 14.8 Å². The van der Waals surface area contributed by atoms with Crippen LogP contribution in [0.4, 0.5) is 10.5 Å². The standard InChI is InChI=1S/C26H23N3O/c1-19-10-5-7-14-22(19)27-26(30)29-18-21-13-6-8-15-23(21)28-17-9-16-24(28)25(29)20-11-3-2-4-12-20/h2-17,25H,18H2,1H3,(H,27,30)/t25-/m0/s1. The molecule has 4 heteroatoms. The number of benzene rings is 3. The number of hydrogen-bond acceptors (Lipinski definition) is 1. The highest BCUT2D eigenvalue weighted by atomic mass is 16.2. The lowest BCUT2D eigenvalue weighted by Crippen LogP contribution is -2.38. The monoisotopic (exact) mass is 393 g/mol. The molecule has 2 amide bonds. The summed E-state index contributed by atoms with van der Waals surface area (Å²) < 4.78 is 2.20. The predicted molar refractivity (Wildman–Crippen MR) is 120 cm³/mol. The number of nitrogens with one attached hydrogen (secondary N) is 1. The van der Waals surface area contributed by atoms with Gasteiger partial charge in [-0.05, 0) is 47.9 Å². The van der Waals surface area contributed by atoms with Crippen LogP contribution in [0.2, 0.25) is 0 Å². The molecule has 2 heterocycles. The van der Waals surface area contributed by atoms with Crippen LogP contribution in [-0.2, 0) is 6.54 Å². The van der Waals surface area contributed by atoms with E-state index in [9.17, 15) is 4.79 Å². The molecule has 0 saturated heterocycles. The number of nitrogens with zero attached hydrogens (tertiary/aromatic N) is 2. The maximum absolute atomic E-state index is 13.6. The second kappa shape index (κ2) is 7.56. The van der Waals surface area contributed by atoms with Crippen LogP contribution in [0.3, 0.4) is 0 Å². The van der Waals surface area contributed by atoms with E-state index < -0.39 is 0 Å². The van der Waals surface area contributed by atoms with Crippen LogP contribution in [0.15, 0.2) is 97.2 Å². The van der Waals surface area contributed by atoms with Crippen LogP contribution in [0.5, 0.6) is 0 Å². The second-order valence-electron chi connectivity index (χ2n) is 7.62. The Labute approximate surface area is 176 Å². The molecule has 0 saturated carbocycles. The quantitative estimate of drug-likeness (QED) is 0.451. The van der Waals surface area contributed by atoms with Crippen LogP contribution in [0, 0.1) is 6.92 Å². The Balaban J connectivity index is 1.64. The first-order valence-corrected chi connectivity index (χ1v) is 10.2. The molecule has 5 rings (SSSR count). The summed E-state index contributed by atoms with van der Waals surface area (Å²) >= 11 is 0. The maximum Gasteiger partial charge on any atom is 0.322 e. The van der Waals surface area contributed by atoms with Gasteiger partial charge in [-0.25, -0.2) is 4.79 Å². The largest absolute Gasteiger partial charge is 0.322 e. The average molecular weight is 393 g/mol. The molecule has 1 aromatic heterocycles. The summed E-state index contributed by atoms with van der Waals surface area (Å²) in [5.74, 6) is 0. The van der Waals surface area contributed by atoms with E-state index >= 15 is 0 Å². The minimum absolute atomic E-state index is 0.109. The molecule has 0 unspecified atom stereocenters. The van der Waals surface area contributed by atoms with Gasteiger partial charge in [0.15, 0.2) is 0 Å². The van der Waals surface area contributed by atoms with Crippen molar-refractivity contribution in [3.05, 3.63) is 120 Å². The molecule has 1 atom stereocenters. The van der Waals surface area contributed by atoms with Crippen molar-refractivity contribution in [2.24, 2.45) is 0 Å². The zero-order chi connectivity index (χ0) is 20.5. The number of para-hydroxylation sites is 2. The number of aromatic nitrogens is 1. The summed E-state index contributed by atoms with van der Waals surface area (Å²) in [6.07, 6.45) is 2.08. The zero-order valence-corrected chi connectivity index (χ0v) is 16.8. The Hall–Kier alpha value is -3.79. The van der Waals surface area contributed by atoms with Gasteiger partial charge in [0.05, 0.1) is 18.3 Å². The number of carbonyl (C=O) groups excluding carboxylic acids is 1. The molecule has 1 N–H and O–H groups in total. The predicted octanol–water partition coefficient (Wildman–Crippen LogP) is 5.92. The van der Waals surface area contributed by atoms with Gasteiger partial charge >= 0.3 is 6.03 Å². The molecule has 148 valence electrons. The van der Waals surface area contributed by atoms with Gasteiger partial charge in [0.25, 0.3) is 0 Å². The van der Waals surface area contributed by atoms with Crippen molar-refractivity contribution in [1.82, 2.24) is 9.47 Å². The molecule has 30 heavy (non-hydrogen) atoms. The van der Waals surface area contributed by atoms with E-state index in [0.717, 1.165) is 33.8 Å². The molecule has 3 aromatic carbocycles. The third kappa shape index (κ3) is 3.16. The van der Waals surface area contributed by atoms with Gasteiger partial charge in [0, 0.05) is 17.6 Å². The minimum atomic E-state index is -0.197. The first kappa shape index (κ1) is 18.3. The zero-order valence-electron chi connectivity index (χ0n) is 16.8. The molecule has 0 bridgehead atoms. The van der Waals surface area contributed by atoms with Gasteiger partial charge in [-0.3, -0.25) is 0 Å². The summed E-state index contributed by atoms with van der Waals surface area (Å²) in [6.45, 7) is 2.53. The Morgan fingerprint density at radius 3 is 2.43 bits per heavy atom. The first-order valence-electron chi connectivity index (χ1n) is 10.2. The molecule has 1 aliphatic rings. The summed E-state index contributed by atoms with van der Waals surface area (Å²) in [6, 6.07) is 30.2. The van der Waals surface area contributed by atoms with E-state index in [1.807, 2.05) is 72.5 Å². The van der Waals surface area contributed by atoms with Gasteiger partial charge in [-0.15, -0.1) is 0 Å². The van der Waals surface area contributed by atoms with Crippen LogP contribution in [-0.4, -0.2) is 15.5 Å². The van der Waals surface area contributed by atoms with Gasteiger partial charge in [0.1, 0.15) is 0 Å². The molecule has 4 nitrogen and oxygen atoms in total. The highest BCUT2D eigenvalue weighted by Crippen LogP contribution is 2.36. The number of fused-ring (bicyclic) bond motifs is 3. The minimum Gasteiger partial charge on any atom is -0.318 e. The van der Waals surface area contributed by atoms with Crippen LogP contribution in [0.25, 0.3) is 5.69 Å². The fraction of sp³-hybridized carbons (Fsp3) is 0.115. The number of rotatable bonds is 2. The number of urea groups is 1. The third-order valence-electron chi connectivity index (χ3n) is 5.73. The molecule has 0 spiro atoms. The van der Waals surface area contributed by atoms with Crippen LogP contribution in [0.1, 0.15) is 28.4 Å². The molecule has 4 aromatic rings. The maximum atomic E-state index is 13.6. The molecule has 1 aliphatic heterocycles. The van der Waals surface area contributed by atoms with Gasteiger partial charge in [-0.1, -0.05) is 66.7 Å². The smallest absolute Gasteiger partial charge is 0.318 e. The highest BCUT2D eigenvalue weighted by molar-refractivity contribution is 5.91. The fourth-order valence-corrected chi connectivity index (χ4v) is 4.23. The Bertz CT molecular complexity index is 1200. The normalized spacial score (nSPS) is 15.1. The summed E-state index contributed by atoms with van der Waals surface area (Å²) in [4.78, 5) is 15.5. The van der Waals surface area contributed by atoms with Crippen LogP contribution >= 0.6 is 0 Å².